The van der Waals surface area contributed by atoms with Crippen LogP contribution in [0.5, 0.6) is 17.2 Å². The van der Waals surface area contributed by atoms with E-state index in [4.69, 9.17) is 19.2 Å². The molecule has 0 aliphatic rings. The molecule has 0 spiro atoms. The van der Waals surface area contributed by atoms with E-state index >= 15 is 0 Å². The van der Waals surface area contributed by atoms with E-state index in [1.165, 1.54) is 26.9 Å². The molecule has 0 radical (unpaired) electrons. The summed E-state index contributed by atoms with van der Waals surface area (Å²) in [6.45, 7) is 2.75. The Morgan fingerprint density at radius 2 is 1.60 bits per heavy atom. The highest BCUT2D eigenvalue weighted by Gasteiger charge is 2.21. The van der Waals surface area contributed by atoms with Crippen molar-refractivity contribution >= 4 is 16.9 Å². The van der Waals surface area contributed by atoms with Gasteiger partial charge in [0, 0.05) is 12.1 Å². The number of nitrogens with one attached hydrogen (secondary N) is 1. The molecule has 35 heavy (non-hydrogen) atoms. The predicted molar refractivity (Wildman–Crippen MR) is 136 cm³/mol. The van der Waals surface area contributed by atoms with Crippen LogP contribution in [0.4, 0.5) is 0 Å². The van der Waals surface area contributed by atoms with Crippen LogP contribution in [0.1, 0.15) is 41.1 Å². The number of imidazole rings is 1. The zero-order valence-electron chi connectivity index (χ0n) is 20.6. The number of hydrogen-bond acceptors (Lipinski definition) is 5. The topological polar surface area (TPSA) is 74.6 Å². The first kappa shape index (κ1) is 24.1. The first-order valence-electron chi connectivity index (χ1n) is 11.7. The monoisotopic (exact) mass is 473 g/mol. The number of ether oxygens (including phenoxy) is 3. The average molecular weight is 474 g/mol. The number of carbonyl (C=O) groups is 1. The molecule has 0 bridgehead atoms. The summed E-state index contributed by atoms with van der Waals surface area (Å²) in [5.74, 6) is 1.87. The molecule has 0 aliphatic heterocycles. The van der Waals surface area contributed by atoms with Gasteiger partial charge in [0.2, 0.25) is 5.75 Å². The highest BCUT2D eigenvalue weighted by Crippen LogP contribution is 2.38. The molecule has 182 valence electrons. The smallest absolute Gasteiger partial charge is 0.252 e. The zero-order valence-corrected chi connectivity index (χ0v) is 20.6. The highest BCUT2D eigenvalue weighted by atomic mass is 16.5. The van der Waals surface area contributed by atoms with Crippen LogP contribution in [0, 0.1) is 0 Å². The van der Waals surface area contributed by atoms with Crippen LogP contribution in [-0.4, -0.2) is 36.8 Å². The van der Waals surface area contributed by atoms with E-state index in [1.54, 1.807) is 12.1 Å². The maximum absolute atomic E-state index is 13.2. The van der Waals surface area contributed by atoms with Crippen molar-refractivity contribution in [1.82, 2.24) is 14.9 Å². The van der Waals surface area contributed by atoms with Crippen molar-refractivity contribution < 1.29 is 19.0 Å². The van der Waals surface area contributed by atoms with E-state index < -0.39 is 0 Å². The van der Waals surface area contributed by atoms with Gasteiger partial charge in [-0.3, -0.25) is 4.79 Å². The van der Waals surface area contributed by atoms with Crippen LogP contribution in [-0.2, 0) is 13.0 Å². The Kier molecular flexibility index (Phi) is 7.55. The Balaban J connectivity index is 1.57. The number of aromatic nitrogens is 2. The minimum absolute atomic E-state index is 0.250. The summed E-state index contributed by atoms with van der Waals surface area (Å²) in [5.41, 5.74) is 3.70. The Labute approximate surface area is 205 Å². The standard InChI is InChI=1S/C28H31N3O4/c1-19(29-28(32)21-17-24(33-2)26(35-4)25(18-21)34-3)27-30-22-14-8-9-15-23(22)31(27)16-10-13-20-11-6-5-7-12-20/h5-9,11-12,14-15,17-19H,10,13,16H2,1-4H3,(H,29,32). The minimum atomic E-state index is -0.314. The zero-order chi connectivity index (χ0) is 24.8. The number of carbonyl (C=O) groups excluding carboxylic acids is 1. The fourth-order valence-corrected chi connectivity index (χ4v) is 4.30. The van der Waals surface area contributed by atoms with E-state index in [-0.39, 0.29) is 11.9 Å². The van der Waals surface area contributed by atoms with Crippen LogP contribution < -0.4 is 19.5 Å². The van der Waals surface area contributed by atoms with Crippen molar-refractivity contribution in [2.24, 2.45) is 0 Å². The van der Waals surface area contributed by atoms with Crippen molar-refractivity contribution in [3.8, 4) is 17.2 Å². The van der Waals surface area contributed by atoms with E-state index in [1.807, 2.05) is 31.2 Å². The number of benzene rings is 3. The lowest BCUT2D eigenvalue weighted by Gasteiger charge is -2.18. The number of fused-ring (bicyclic) bond motifs is 1. The molecule has 4 rings (SSSR count). The second kappa shape index (κ2) is 11.0. The molecule has 3 aromatic carbocycles. The Hall–Kier alpha value is -4.00. The van der Waals surface area contributed by atoms with Gasteiger partial charge in [-0.2, -0.15) is 0 Å². The first-order valence-corrected chi connectivity index (χ1v) is 11.7. The average Bonchev–Trinajstić information content (AvgIpc) is 3.27. The van der Waals surface area contributed by atoms with Gasteiger partial charge in [-0.05, 0) is 49.6 Å². The van der Waals surface area contributed by atoms with Crippen LogP contribution in [0.3, 0.4) is 0 Å². The van der Waals surface area contributed by atoms with Gasteiger partial charge in [0.05, 0.1) is 38.4 Å². The van der Waals surface area contributed by atoms with E-state index in [2.05, 4.69) is 40.2 Å². The lowest BCUT2D eigenvalue weighted by Crippen LogP contribution is -2.29. The number of para-hydroxylation sites is 2. The summed E-state index contributed by atoms with van der Waals surface area (Å²) in [6.07, 6.45) is 1.93. The third-order valence-electron chi connectivity index (χ3n) is 6.04. The number of rotatable bonds is 10. The summed E-state index contributed by atoms with van der Waals surface area (Å²) >= 11 is 0. The number of methoxy groups -OCH3 is 3. The molecular weight excluding hydrogens is 442 g/mol. The van der Waals surface area contributed by atoms with Crippen molar-refractivity contribution in [1.29, 1.82) is 0 Å². The second-order valence-electron chi connectivity index (χ2n) is 8.31. The minimum Gasteiger partial charge on any atom is -0.493 e. The van der Waals surface area contributed by atoms with Gasteiger partial charge in [0.1, 0.15) is 5.82 Å². The van der Waals surface area contributed by atoms with Gasteiger partial charge >= 0.3 is 0 Å². The number of amides is 1. The van der Waals surface area contributed by atoms with Crippen LogP contribution in [0.25, 0.3) is 11.0 Å². The third kappa shape index (κ3) is 5.24. The van der Waals surface area contributed by atoms with Gasteiger partial charge in [-0.1, -0.05) is 42.5 Å². The maximum Gasteiger partial charge on any atom is 0.252 e. The third-order valence-corrected chi connectivity index (χ3v) is 6.04. The number of hydrogen-bond donors (Lipinski definition) is 1. The normalized spacial score (nSPS) is 11.8. The molecule has 0 saturated heterocycles. The fourth-order valence-electron chi connectivity index (χ4n) is 4.30. The van der Waals surface area contributed by atoms with Crippen LogP contribution in [0.15, 0.2) is 66.7 Å². The van der Waals surface area contributed by atoms with E-state index in [0.717, 1.165) is 36.2 Å². The first-order chi connectivity index (χ1) is 17.0. The maximum atomic E-state index is 13.2. The molecule has 1 unspecified atom stereocenters. The predicted octanol–water partition coefficient (Wildman–Crippen LogP) is 5.19. The quantitative estimate of drug-likeness (QED) is 0.343. The summed E-state index contributed by atoms with van der Waals surface area (Å²) in [7, 11) is 4.59. The van der Waals surface area contributed by atoms with Crippen LogP contribution >= 0.6 is 0 Å². The van der Waals surface area contributed by atoms with Crippen molar-refractivity contribution in [3.63, 3.8) is 0 Å². The van der Waals surface area contributed by atoms with Crippen LogP contribution in [0.2, 0.25) is 0 Å². The number of nitrogens with zero attached hydrogens (tertiary/aromatic N) is 2. The molecule has 1 N–H and O–H groups in total. The summed E-state index contributed by atoms with van der Waals surface area (Å²) in [6, 6.07) is 21.5. The summed E-state index contributed by atoms with van der Waals surface area (Å²) in [4.78, 5) is 18.0. The Morgan fingerprint density at radius 3 is 2.26 bits per heavy atom. The second-order valence-corrected chi connectivity index (χ2v) is 8.31. The van der Waals surface area contributed by atoms with E-state index in [0.29, 0.717) is 22.8 Å². The van der Waals surface area contributed by atoms with Gasteiger partial charge < -0.3 is 24.1 Å². The Bertz CT molecular complexity index is 1280. The molecule has 7 nitrogen and oxygen atoms in total. The molecule has 1 atom stereocenters. The molecule has 1 aromatic heterocycles. The van der Waals surface area contributed by atoms with Gasteiger partial charge in [-0.25, -0.2) is 4.98 Å². The summed E-state index contributed by atoms with van der Waals surface area (Å²) < 4.78 is 18.4. The molecule has 0 saturated carbocycles. The van der Waals surface area contributed by atoms with Crippen molar-refractivity contribution in [2.45, 2.75) is 32.4 Å². The Morgan fingerprint density at radius 1 is 0.943 bits per heavy atom. The summed E-state index contributed by atoms with van der Waals surface area (Å²) in [5, 5.41) is 3.09. The van der Waals surface area contributed by atoms with Crippen molar-refractivity contribution in [3.05, 3.63) is 83.7 Å². The van der Waals surface area contributed by atoms with E-state index in [9.17, 15) is 4.79 Å². The van der Waals surface area contributed by atoms with Gasteiger partial charge in [-0.15, -0.1) is 0 Å². The molecule has 7 heteroatoms. The molecular formula is C28H31N3O4. The highest BCUT2D eigenvalue weighted by molar-refractivity contribution is 5.96. The molecule has 0 aliphatic carbocycles. The van der Waals surface area contributed by atoms with Gasteiger partial charge in [0.15, 0.2) is 11.5 Å². The largest absolute Gasteiger partial charge is 0.493 e. The van der Waals surface area contributed by atoms with Gasteiger partial charge in [0.25, 0.3) is 5.91 Å². The molecule has 1 heterocycles. The molecule has 0 fully saturated rings. The molecule has 4 aromatic rings. The number of aryl methyl sites for hydroxylation is 2. The fraction of sp³-hybridized carbons (Fsp3) is 0.286. The lowest BCUT2D eigenvalue weighted by atomic mass is 10.1. The lowest BCUT2D eigenvalue weighted by molar-refractivity contribution is 0.0937. The van der Waals surface area contributed by atoms with Crippen molar-refractivity contribution in [2.75, 3.05) is 21.3 Å². The molecule has 1 amide bonds. The SMILES string of the molecule is COc1cc(C(=O)NC(C)c2nc3ccccc3n2CCCc2ccccc2)cc(OC)c1OC.